The highest BCUT2D eigenvalue weighted by Gasteiger charge is 2.45. The van der Waals surface area contributed by atoms with Crippen LogP contribution in [0.2, 0.25) is 0 Å². The van der Waals surface area contributed by atoms with Crippen molar-refractivity contribution < 1.29 is 43.4 Å². The van der Waals surface area contributed by atoms with Crippen LogP contribution in [-0.2, 0) is 10.9 Å². The quantitative estimate of drug-likeness (QED) is 0.149. The van der Waals surface area contributed by atoms with Gasteiger partial charge in [-0.05, 0) is 166 Å². The van der Waals surface area contributed by atoms with Gasteiger partial charge in [0.15, 0.2) is 27.9 Å². The second-order valence-corrected chi connectivity index (χ2v) is 21.5. The molecule has 0 spiro atoms. The van der Waals surface area contributed by atoms with E-state index in [1.54, 1.807) is 0 Å². The minimum Gasteiger partial charge on any atom is -0.565 e. The molecule has 356 valence electrons. The highest BCUT2D eigenvalue weighted by Crippen LogP contribution is 2.53. The number of ether oxygens (including phenoxy) is 6. The van der Waals surface area contributed by atoms with Crippen molar-refractivity contribution in [2.24, 2.45) is 0 Å². The number of benzene rings is 3. The summed E-state index contributed by atoms with van der Waals surface area (Å²) >= 11 is 0. The van der Waals surface area contributed by atoms with E-state index in [2.05, 4.69) is 54.6 Å². The minimum atomic E-state index is -2.08. The van der Waals surface area contributed by atoms with E-state index in [1.165, 1.54) is 120 Å². The fourth-order valence-corrected chi connectivity index (χ4v) is 13.4. The summed E-state index contributed by atoms with van der Waals surface area (Å²) in [6.45, 7) is 0. The fourth-order valence-electron chi connectivity index (χ4n) is 11.1. The van der Waals surface area contributed by atoms with Crippen LogP contribution in [0, 0.1) is 0 Å². The molecule has 6 saturated carbocycles. The van der Waals surface area contributed by atoms with Gasteiger partial charge in [0.05, 0.1) is 36.6 Å². The molecule has 0 bridgehead atoms. The summed E-state index contributed by atoms with van der Waals surface area (Å²) in [5.41, 5.74) is 0. The summed E-state index contributed by atoms with van der Waals surface area (Å²) in [4.78, 5) is 11.9. The SMILES string of the molecule is O=C([O-])O.c1ccc([S+](c2c(OC3CCCCC3)cc(OC3CCCCC3)cc2OC2CCCCC2)c2c(OC3CCCCC3)cc(OC3CCCCC3)cc2OC2CCCCC2)cc1. The molecule has 0 aliphatic heterocycles. The first-order chi connectivity index (χ1) is 31.9. The molecule has 9 nitrogen and oxygen atoms in total. The average molecular weight is 913 g/mol. The van der Waals surface area contributed by atoms with Crippen molar-refractivity contribution in [2.45, 2.75) is 244 Å². The molecule has 6 aliphatic carbocycles. The normalized spacial score (nSPS) is 21.2. The standard InChI is InChI=1S/C54H75O6S.CH2O3/c1-8-22-40(23-9-1)55-46-36-49(57-42-26-12-3-13-27-42)53(50(37-46)58-43-28-14-4-15-29-43)61(48-34-20-7-21-35-48)54-51(59-44-30-16-5-17-31-44)38-47(56-41-24-10-2-11-25-41)39-52(54)60-45-32-18-6-19-33-45;2-1(3)4/h7,20-21,34-45H,1-6,8-19,22-33H2;(H2,2,3,4)/q+1;/p-1. The van der Waals surface area contributed by atoms with Crippen LogP contribution in [-0.4, -0.2) is 47.9 Å². The second-order valence-electron chi connectivity index (χ2n) is 19.6. The summed E-state index contributed by atoms with van der Waals surface area (Å²) in [5.74, 6) is 5.41. The molecule has 0 saturated heterocycles. The Morgan fingerprint density at radius 3 is 0.877 bits per heavy atom. The Balaban J connectivity index is 0.00000138. The Labute approximate surface area is 392 Å². The van der Waals surface area contributed by atoms with Gasteiger partial charge in [0, 0.05) is 24.3 Å². The lowest BCUT2D eigenvalue weighted by Gasteiger charge is -2.30. The summed E-state index contributed by atoms with van der Waals surface area (Å²) in [5, 5.41) is 15.3. The smallest absolute Gasteiger partial charge is 0.250 e. The molecule has 9 rings (SSSR count). The van der Waals surface area contributed by atoms with Crippen molar-refractivity contribution in [3.63, 3.8) is 0 Å². The first-order valence-electron chi connectivity index (χ1n) is 26.0. The van der Waals surface area contributed by atoms with Crippen LogP contribution in [0.3, 0.4) is 0 Å². The Morgan fingerprint density at radius 2 is 0.631 bits per heavy atom. The fraction of sp³-hybridized carbons (Fsp3) is 0.655. The maximum Gasteiger partial charge on any atom is 0.250 e. The average Bonchev–Trinajstić information content (AvgIpc) is 3.33. The Hall–Kier alpha value is -3.92. The van der Waals surface area contributed by atoms with E-state index in [-0.39, 0.29) is 36.6 Å². The van der Waals surface area contributed by atoms with Crippen LogP contribution in [0.1, 0.15) is 193 Å². The molecule has 10 heteroatoms. The van der Waals surface area contributed by atoms with Crippen LogP contribution in [0.15, 0.2) is 69.3 Å². The van der Waals surface area contributed by atoms with E-state index in [0.717, 1.165) is 121 Å². The number of hydrogen-bond donors (Lipinski definition) is 1. The Kier molecular flexibility index (Phi) is 18.1. The van der Waals surface area contributed by atoms with E-state index in [0.29, 0.717) is 0 Å². The van der Waals surface area contributed by atoms with Gasteiger partial charge in [-0.3, -0.25) is 0 Å². The van der Waals surface area contributed by atoms with Crippen molar-refractivity contribution in [3.05, 3.63) is 54.6 Å². The molecule has 3 aromatic rings. The summed E-state index contributed by atoms with van der Waals surface area (Å²) in [7, 11) is -0.719. The first-order valence-corrected chi connectivity index (χ1v) is 27.2. The summed E-state index contributed by atoms with van der Waals surface area (Å²) in [6, 6.07) is 20.2. The first kappa shape index (κ1) is 47.6. The highest BCUT2D eigenvalue weighted by molar-refractivity contribution is 7.97. The number of carboxylic acid groups (broad SMARTS) is 2. The van der Waals surface area contributed by atoms with Gasteiger partial charge in [0.1, 0.15) is 22.4 Å². The highest BCUT2D eigenvalue weighted by atomic mass is 32.2. The topological polar surface area (TPSA) is 116 Å². The van der Waals surface area contributed by atoms with Crippen molar-refractivity contribution in [2.75, 3.05) is 0 Å². The molecular weight excluding hydrogens is 837 g/mol. The lowest BCUT2D eigenvalue weighted by atomic mass is 9.97. The molecule has 0 unspecified atom stereocenters. The maximum atomic E-state index is 8.44. The van der Waals surface area contributed by atoms with Crippen molar-refractivity contribution in [3.8, 4) is 34.5 Å². The lowest BCUT2D eigenvalue weighted by molar-refractivity contribution is -0.275. The molecule has 0 radical (unpaired) electrons. The molecule has 0 aromatic heterocycles. The van der Waals surface area contributed by atoms with Crippen LogP contribution < -0.4 is 33.5 Å². The zero-order valence-corrected chi connectivity index (χ0v) is 39.8. The lowest BCUT2D eigenvalue weighted by Crippen LogP contribution is -2.26. The van der Waals surface area contributed by atoms with E-state index < -0.39 is 17.1 Å². The maximum absolute atomic E-state index is 8.44. The van der Waals surface area contributed by atoms with Crippen LogP contribution in [0.5, 0.6) is 34.5 Å². The molecule has 65 heavy (non-hydrogen) atoms. The predicted octanol–water partition coefficient (Wildman–Crippen LogP) is 13.9. The Bertz CT molecular complexity index is 1690. The molecule has 1 N–H and O–H groups in total. The molecule has 3 aromatic carbocycles. The largest absolute Gasteiger partial charge is 0.565 e. The van der Waals surface area contributed by atoms with Crippen LogP contribution >= 0.6 is 0 Å². The van der Waals surface area contributed by atoms with Crippen LogP contribution in [0.4, 0.5) is 4.79 Å². The van der Waals surface area contributed by atoms with E-state index >= 15 is 0 Å². The van der Waals surface area contributed by atoms with E-state index in [1.807, 2.05) is 0 Å². The molecule has 6 aliphatic rings. The molecule has 0 amide bonds. The van der Waals surface area contributed by atoms with Gasteiger partial charge in [-0.15, -0.1) is 0 Å². The van der Waals surface area contributed by atoms with Gasteiger partial charge in [-0.1, -0.05) is 56.7 Å². The number of rotatable bonds is 15. The zero-order chi connectivity index (χ0) is 44.6. The predicted molar refractivity (Wildman–Crippen MR) is 255 cm³/mol. The molecule has 0 atom stereocenters. The molecule has 0 heterocycles. The van der Waals surface area contributed by atoms with E-state index in [4.69, 9.17) is 43.4 Å². The van der Waals surface area contributed by atoms with Gasteiger partial charge in [-0.25, -0.2) is 0 Å². The number of hydrogen-bond acceptors (Lipinski definition) is 8. The minimum absolute atomic E-state index is 0.156. The zero-order valence-electron chi connectivity index (χ0n) is 39.0. The van der Waals surface area contributed by atoms with Gasteiger partial charge >= 0.3 is 0 Å². The van der Waals surface area contributed by atoms with Crippen LogP contribution in [0.25, 0.3) is 0 Å². The van der Waals surface area contributed by atoms with Gasteiger partial charge in [0.2, 0.25) is 6.16 Å². The third-order valence-corrected chi connectivity index (χ3v) is 16.8. The summed E-state index contributed by atoms with van der Waals surface area (Å²) < 4.78 is 43.6. The third-order valence-electron chi connectivity index (χ3n) is 14.5. The van der Waals surface area contributed by atoms with E-state index in [9.17, 15) is 0 Å². The van der Waals surface area contributed by atoms with Crippen molar-refractivity contribution >= 4 is 17.1 Å². The third kappa shape index (κ3) is 14.1. The Morgan fingerprint density at radius 1 is 0.400 bits per heavy atom. The summed E-state index contributed by atoms with van der Waals surface area (Å²) in [6.07, 6.45) is 34.2. The molecular formula is C55H76O9S. The number of carbonyl (C=O) groups is 1. The molecule has 6 fully saturated rings. The second kappa shape index (κ2) is 24.7. The van der Waals surface area contributed by atoms with Crippen molar-refractivity contribution in [1.29, 1.82) is 0 Å². The van der Waals surface area contributed by atoms with Crippen molar-refractivity contribution in [1.82, 2.24) is 0 Å². The van der Waals surface area contributed by atoms with Gasteiger partial charge in [0.25, 0.3) is 9.79 Å². The van der Waals surface area contributed by atoms with Gasteiger partial charge in [-0.2, -0.15) is 0 Å². The van der Waals surface area contributed by atoms with Gasteiger partial charge < -0.3 is 43.4 Å². The monoisotopic (exact) mass is 913 g/mol.